The summed E-state index contributed by atoms with van der Waals surface area (Å²) in [5, 5.41) is 2.77. The fourth-order valence-electron chi connectivity index (χ4n) is 3.65. The molecule has 1 saturated heterocycles. The molecule has 0 saturated carbocycles. The number of amides is 1. The quantitative estimate of drug-likeness (QED) is 0.678. The van der Waals surface area contributed by atoms with Crippen LogP contribution in [0, 0.1) is 5.92 Å². The Morgan fingerprint density at radius 1 is 1.07 bits per heavy atom. The average molecular weight is 411 g/mol. The van der Waals surface area contributed by atoms with Gasteiger partial charge in [-0.05, 0) is 30.4 Å². The predicted molar refractivity (Wildman–Crippen MR) is 113 cm³/mol. The summed E-state index contributed by atoms with van der Waals surface area (Å²) in [5.74, 6) is 0.0237. The van der Waals surface area contributed by atoms with Gasteiger partial charge in [0.25, 0.3) is 0 Å². The van der Waals surface area contributed by atoms with Gasteiger partial charge in [-0.3, -0.25) is 4.79 Å². The van der Waals surface area contributed by atoms with Crippen LogP contribution in [0.15, 0.2) is 60.7 Å². The van der Waals surface area contributed by atoms with Crippen molar-refractivity contribution in [3.05, 3.63) is 71.8 Å². The van der Waals surface area contributed by atoms with Crippen molar-refractivity contribution in [1.82, 2.24) is 5.32 Å². The first-order valence-electron chi connectivity index (χ1n) is 10.3. The number of ether oxygens (including phenoxy) is 3. The summed E-state index contributed by atoms with van der Waals surface area (Å²) in [5.41, 5.74) is 1.87. The molecular formula is C24H29NO5. The Hall–Kier alpha value is -2.70. The van der Waals surface area contributed by atoms with E-state index in [1.165, 1.54) is 0 Å². The standard InChI is InChI=1S/C24H29NO5/c1-17-20(15-23(28-2)30-17)14-22(26)21(13-18-9-5-3-6-10-18)25-24(27)29-16-19-11-7-4-8-12-19/h3-12,17,20-21,23H,13-16H2,1-2H3,(H,25,27)/t17-,20-,21+,23-/m1/s1. The first kappa shape index (κ1) is 22.0. The number of ketones is 1. The van der Waals surface area contributed by atoms with Crippen molar-refractivity contribution < 1.29 is 23.8 Å². The Balaban J connectivity index is 1.62. The molecule has 2 aromatic rings. The van der Waals surface area contributed by atoms with E-state index >= 15 is 0 Å². The smallest absolute Gasteiger partial charge is 0.408 e. The van der Waals surface area contributed by atoms with Crippen LogP contribution >= 0.6 is 0 Å². The van der Waals surface area contributed by atoms with Crippen LogP contribution in [0.5, 0.6) is 0 Å². The average Bonchev–Trinajstić information content (AvgIpc) is 3.12. The summed E-state index contributed by atoms with van der Waals surface area (Å²) in [6.45, 7) is 2.10. The van der Waals surface area contributed by atoms with E-state index in [9.17, 15) is 9.59 Å². The summed E-state index contributed by atoms with van der Waals surface area (Å²) in [6, 6.07) is 18.4. The lowest BCUT2D eigenvalue weighted by molar-refractivity contribution is -0.123. The normalized spacial score (nSPS) is 21.7. The Morgan fingerprint density at radius 2 is 1.70 bits per heavy atom. The molecule has 2 aromatic carbocycles. The number of benzene rings is 2. The Bertz CT molecular complexity index is 811. The zero-order valence-corrected chi connectivity index (χ0v) is 17.5. The van der Waals surface area contributed by atoms with E-state index in [0.29, 0.717) is 19.3 Å². The summed E-state index contributed by atoms with van der Waals surface area (Å²) in [6.07, 6.45) is 0.446. The van der Waals surface area contributed by atoms with Crippen LogP contribution in [0.2, 0.25) is 0 Å². The van der Waals surface area contributed by atoms with Gasteiger partial charge in [0.2, 0.25) is 0 Å². The molecule has 160 valence electrons. The third-order valence-electron chi connectivity index (χ3n) is 5.43. The Labute approximate surface area is 177 Å². The zero-order valence-electron chi connectivity index (χ0n) is 17.5. The highest BCUT2D eigenvalue weighted by Crippen LogP contribution is 2.30. The van der Waals surface area contributed by atoms with Gasteiger partial charge in [-0.1, -0.05) is 60.7 Å². The van der Waals surface area contributed by atoms with Crippen LogP contribution in [0.1, 0.15) is 30.9 Å². The van der Waals surface area contributed by atoms with Gasteiger partial charge in [-0.15, -0.1) is 0 Å². The number of nitrogens with one attached hydrogen (secondary N) is 1. The monoisotopic (exact) mass is 411 g/mol. The molecule has 6 nitrogen and oxygen atoms in total. The minimum Gasteiger partial charge on any atom is -0.445 e. The van der Waals surface area contributed by atoms with E-state index in [1.807, 2.05) is 67.6 Å². The van der Waals surface area contributed by atoms with Crippen LogP contribution in [0.4, 0.5) is 4.79 Å². The van der Waals surface area contributed by atoms with Crippen molar-refractivity contribution in [2.45, 2.75) is 51.2 Å². The fraction of sp³-hybridized carbons (Fsp3) is 0.417. The van der Waals surface area contributed by atoms with Crippen LogP contribution in [0.3, 0.4) is 0 Å². The summed E-state index contributed by atoms with van der Waals surface area (Å²) >= 11 is 0. The number of Topliss-reactive ketones (excluding diaryl/α,β-unsaturated/α-hetero) is 1. The number of hydrogen-bond acceptors (Lipinski definition) is 5. The number of rotatable bonds is 9. The third kappa shape index (κ3) is 6.40. The largest absolute Gasteiger partial charge is 0.445 e. The van der Waals surface area contributed by atoms with Crippen molar-refractivity contribution in [2.75, 3.05) is 7.11 Å². The molecule has 1 heterocycles. The summed E-state index contributed by atoms with van der Waals surface area (Å²) < 4.78 is 16.3. The molecule has 3 rings (SSSR count). The van der Waals surface area contributed by atoms with Gasteiger partial charge in [0.1, 0.15) is 6.61 Å². The molecule has 30 heavy (non-hydrogen) atoms. The zero-order chi connectivity index (χ0) is 21.3. The maximum Gasteiger partial charge on any atom is 0.408 e. The topological polar surface area (TPSA) is 73.9 Å². The summed E-state index contributed by atoms with van der Waals surface area (Å²) in [7, 11) is 1.60. The highest BCUT2D eigenvalue weighted by atomic mass is 16.7. The molecule has 0 unspecified atom stereocenters. The van der Waals surface area contributed by atoms with Gasteiger partial charge >= 0.3 is 6.09 Å². The number of alkyl carbamates (subject to hydrolysis) is 1. The van der Waals surface area contributed by atoms with E-state index < -0.39 is 12.1 Å². The van der Waals surface area contributed by atoms with E-state index in [2.05, 4.69) is 5.32 Å². The lowest BCUT2D eigenvalue weighted by atomic mass is 9.91. The van der Waals surface area contributed by atoms with E-state index in [0.717, 1.165) is 11.1 Å². The van der Waals surface area contributed by atoms with Gasteiger partial charge in [-0.25, -0.2) is 4.79 Å². The first-order chi connectivity index (χ1) is 14.5. The van der Waals surface area contributed by atoms with E-state index in [4.69, 9.17) is 14.2 Å². The molecule has 6 heteroatoms. The molecule has 1 N–H and O–H groups in total. The second-order valence-electron chi connectivity index (χ2n) is 7.62. The fourth-order valence-corrected chi connectivity index (χ4v) is 3.65. The maximum atomic E-state index is 13.1. The lowest BCUT2D eigenvalue weighted by Gasteiger charge is -2.20. The molecule has 0 bridgehead atoms. The SMILES string of the molecule is CO[C@H]1C[C@@H](CC(=O)[C@H](Cc2ccccc2)NC(=O)OCc2ccccc2)[C@@H](C)O1. The minimum absolute atomic E-state index is 0.0345. The molecule has 0 radical (unpaired) electrons. The van der Waals surface area contributed by atoms with Gasteiger partial charge < -0.3 is 19.5 Å². The number of carbonyl (C=O) groups is 2. The molecule has 1 amide bonds. The number of carbonyl (C=O) groups excluding carboxylic acids is 2. The van der Waals surface area contributed by atoms with Crippen molar-refractivity contribution in [1.29, 1.82) is 0 Å². The molecule has 0 spiro atoms. The van der Waals surface area contributed by atoms with Crippen LogP contribution in [-0.4, -0.2) is 37.4 Å². The van der Waals surface area contributed by atoms with Crippen LogP contribution in [0.25, 0.3) is 0 Å². The van der Waals surface area contributed by atoms with Crippen LogP contribution < -0.4 is 5.32 Å². The second-order valence-corrected chi connectivity index (χ2v) is 7.62. The van der Waals surface area contributed by atoms with Gasteiger partial charge in [0.15, 0.2) is 12.1 Å². The van der Waals surface area contributed by atoms with Gasteiger partial charge in [0.05, 0.1) is 12.1 Å². The van der Waals surface area contributed by atoms with E-state index in [1.54, 1.807) is 7.11 Å². The highest BCUT2D eigenvalue weighted by Gasteiger charge is 2.35. The molecule has 4 atom stereocenters. The molecular weight excluding hydrogens is 382 g/mol. The molecule has 0 aromatic heterocycles. The first-order valence-corrected chi connectivity index (χ1v) is 10.3. The Morgan fingerprint density at radius 3 is 2.30 bits per heavy atom. The third-order valence-corrected chi connectivity index (χ3v) is 5.43. The molecule has 1 fully saturated rings. The van der Waals surface area contributed by atoms with Crippen molar-refractivity contribution in [3.63, 3.8) is 0 Å². The highest BCUT2D eigenvalue weighted by molar-refractivity contribution is 5.88. The molecule has 1 aliphatic heterocycles. The number of hydrogen-bond donors (Lipinski definition) is 1. The maximum absolute atomic E-state index is 13.1. The van der Waals surface area contributed by atoms with Gasteiger partial charge in [-0.2, -0.15) is 0 Å². The van der Waals surface area contributed by atoms with E-state index in [-0.39, 0.29) is 30.7 Å². The van der Waals surface area contributed by atoms with Crippen molar-refractivity contribution in [3.8, 4) is 0 Å². The van der Waals surface area contributed by atoms with Gasteiger partial charge in [0, 0.05) is 20.0 Å². The van der Waals surface area contributed by atoms with Crippen molar-refractivity contribution in [2.24, 2.45) is 5.92 Å². The Kier molecular flexibility index (Phi) is 7.99. The predicted octanol–water partition coefficient (Wildman–Crippen LogP) is 3.88. The summed E-state index contributed by atoms with van der Waals surface area (Å²) in [4.78, 5) is 25.5. The number of methoxy groups -OCH3 is 1. The second kappa shape index (κ2) is 10.9. The molecule has 1 aliphatic rings. The lowest BCUT2D eigenvalue weighted by Crippen LogP contribution is -2.43. The van der Waals surface area contributed by atoms with Crippen molar-refractivity contribution >= 4 is 11.9 Å². The minimum atomic E-state index is -0.663. The van der Waals surface area contributed by atoms with Crippen LogP contribution in [-0.2, 0) is 32.0 Å². The molecule has 0 aliphatic carbocycles.